The molecule has 2 saturated carbocycles. The molecule has 4 aliphatic rings. The second kappa shape index (κ2) is 10.2. The van der Waals surface area contributed by atoms with Crippen molar-refractivity contribution in [2.45, 2.75) is 115 Å². The number of ketones is 1. The van der Waals surface area contributed by atoms with Gasteiger partial charge in [-0.2, -0.15) is 0 Å². The normalized spacial score (nSPS) is 45.7. The molecular formula is C28H46ClNO7. The predicted octanol–water partition coefficient (Wildman–Crippen LogP) is 2.80. The van der Waals surface area contributed by atoms with Gasteiger partial charge in [0.05, 0.1) is 18.1 Å². The number of carbonyl (C=O) groups excluding carboxylic acids is 2. The van der Waals surface area contributed by atoms with Gasteiger partial charge in [-0.25, -0.2) is 0 Å². The fourth-order valence-corrected chi connectivity index (χ4v) is 8.05. The number of halogens is 1. The molecule has 0 bridgehead atoms. The molecule has 37 heavy (non-hydrogen) atoms. The van der Waals surface area contributed by atoms with E-state index >= 15 is 0 Å². The minimum Gasteiger partial charge on any atom is -0.459 e. The molecular weight excluding hydrogens is 498 g/mol. The molecule has 2 aliphatic heterocycles. The van der Waals surface area contributed by atoms with Gasteiger partial charge in [0.2, 0.25) is 0 Å². The van der Waals surface area contributed by atoms with Crippen molar-refractivity contribution in [2.24, 2.45) is 16.7 Å². The standard InChI is InChI=1S/C28H45NO7.ClH/c1-7-25(4)17-19(31)28(34)26(5)18(30)11-13-24(2,3)22(26)21(23(33)27(28,6)36-25)35-20(32)12-16-29-14-9-8-10-15-29;/h7,18,21-23,30,33-34H,1,8-17H2,2-6H3;1H/t18-,21?,22?,23?,25-,26?,27+,28-;/m0./s1. The van der Waals surface area contributed by atoms with Crippen LogP contribution in [0.15, 0.2) is 12.7 Å². The molecule has 0 aromatic rings. The van der Waals surface area contributed by atoms with E-state index in [0.29, 0.717) is 19.4 Å². The maximum atomic E-state index is 13.8. The minimum atomic E-state index is -2.19. The molecule has 2 saturated heterocycles. The van der Waals surface area contributed by atoms with Gasteiger partial charge in [0.1, 0.15) is 17.8 Å². The number of fused-ring (bicyclic) bond motifs is 3. The SMILES string of the molecule is C=C[C@@]1(C)CC(=O)[C@]2(O)C3(C)C(C(OC(=O)CCN4CCCCC4)C(O)[C@@]2(C)O1)C(C)(C)CC[C@@H]3O.Cl. The van der Waals surface area contributed by atoms with Crippen LogP contribution in [-0.4, -0.2) is 86.7 Å². The summed E-state index contributed by atoms with van der Waals surface area (Å²) >= 11 is 0. The summed E-state index contributed by atoms with van der Waals surface area (Å²) in [5, 5.41) is 35.6. The lowest BCUT2D eigenvalue weighted by Gasteiger charge is -2.71. The summed E-state index contributed by atoms with van der Waals surface area (Å²) in [6.07, 6.45) is 2.33. The highest BCUT2D eigenvalue weighted by molar-refractivity contribution is 5.92. The van der Waals surface area contributed by atoms with Gasteiger partial charge in [0, 0.05) is 24.3 Å². The molecule has 0 amide bonds. The van der Waals surface area contributed by atoms with E-state index in [9.17, 15) is 24.9 Å². The number of nitrogens with zero attached hydrogens (tertiary/aromatic N) is 1. The molecule has 9 heteroatoms. The highest BCUT2D eigenvalue weighted by atomic mass is 35.5. The number of esters is 1. The third-order valence-corrected chi connectivity index (χ3v) is 10.1. The molecule has 0 spiro atoms. The van der Waals surface area contributed by atoms with Gasteiger partial charge in [-0.15, -0.1) is 19.0 Å². The highest BCUT2D eigenvalue weighted by Gasteiger charge is 2.81. The Bertz CT molecular complexity index is 907. The zero-order valence-electron chi connectivity index (χ0n) is 23.0. The van der Waals surface area contributed by atoms with Gasteiger partial charge in [0.15, 0.2) is 11.4 Å². The third kappa shape index (κ3) is 4.49. The number of aliphatic hydroxyl groups excluding tert-OH is 2. The first-order valence-corrected chi connectivity index (χ1v) is 13.5. The van der Waals surface area contributed by atoms with Crippen LogP contribution >= 0.6 is 12.4 Å². The van der Waals surface area contributed by atoms with Gasteiger partial charge in [-0.3, -0.25) is 9.59 Å². The van der Waals surface area contributed by atoms with E-state index in [-0.39, 0.29) is 25.2 Å². The number of hydrogen-bond acceptors (Lipinski definition) is 8. The summed E-state index contributed by atoms with van der Waals surface area (Å²) in [4.78, 5) is 29.2. The summed E-state index contributed by atoms with van der Waals surface area (Å²) in [6.45, 7) is 15.1. The topological polar surface area (TPSA) is 117 Å². The average Bonchev–Trinajstić information content (AvgIpc) is 2.82. The number of aliphatic hydroxyl groups is 3. The quantitative estimate of drug-likeness (QED) is 0.358. The van der Waals surface area contributed by atoms with E-state index in [1.807, 2.05) is 13.8 Å². The fraction of sp³-hybridized carbons (Fsp3) is 0.857. The number of carbonyl (C=O) groups is 2. The van der Waals surface area contributed by atoms with Crippen molar-refractivity contribution in [3.8, 4) is 0 Å². The maximum Gasteiger partial charge on any atom is 0.307 e. The molecule has 4 fully saturated rings. The monoisotopic (exact) mass is 543 g/mol. The lowest BCUT2D eigenvalue weighted by molar-refractivity contribution is -0.370. The van der Waals surface area contributed by atoms with Gasteiger partial charge in [0.25, 0.3) is 0 Å². The number of rotatable bonds is 5. The van der Waals surface area contributed by atoms with E-state index < -0.39 is 63.6 Å². The Morgan fingerprint density at radius 1 is 1.16 bits per heavy atom. The summed E-state index contributed by atoms with van der Waals surface area (Å²) < 4.78 is 12.4. The first-order chi connectivity index (χ1) is 16.7. The van der Waals surface area contributed by atoms with Crippen LogP contribution in [0.25, 0.3) is 0 Å². The van der Waals surface area contributed by atoms with Crippen LogP contribution in [0.5, 0.6) is 0 Å². The lowest BCUT2D eigenvalue weighted by Crippen LogP contribution is -2.86. The number of ether oxygens (including phenoxy) is 2. The molecule has 0 radical (unpaired) electrons. The highest BCUT2D eigenvalue weighted by Crippen LogP contribution is 2.67. The summed E-state index contributed by atoms with van der Waals surface area (Å²) in [5.41, 5.74) is -7.10. The molecule has 0 aromatic heterocycles. The summed E-state index contributed by atoms with van der Waals surface area (Å²) in [6, 6.07) is 0. The van der Waals surface area contributed by atoms with Crippen molar-refractivity contribution in [3.05, 3.63) is 12.7 Å². The van der Waals surface area contributed by atoms with Gasteiger partial charge < -0.3 is 29.7 Å². The minimum absolute atomic E-state index is 0. The Hall–Kier alpha value is -1.03. The second-order valence-corrected chi connectivity index (χ2v) is 12.9. The molecule has 212 valence electrons. The first-order valence-electron chi connectivity index (χ1n) is 13.5. The van der Waals surface area contributed by atoms with E-state index in [1.165, 1.54) is 19.4 Å². The fourth-order valence-electron chi connectivity index (χ4n) is 8.05. The van der Waals surface area contributed by atoms with E-state index in [1.54, 1.807) is 13.8 Å². The number of piperidine rings is 1. The molecule has 8 nitrogen and oxygen atoms in total. The zero-order chi connectivity index (χ0) is 26.7. The second-order valence-electron chi connectivity index (χ2n) is 12.9. The van der Waals surface area contributed by atoms with Crippen LogP contribution < -0.4 is 0 Å². The number of likely N-dealkylation sites (tertiary alicyclic amines) is 1. The van der Waals surface area contributed by atoms with Crippen molar-refractivity contribution in [3.63, 3.8) is 0 Å². The van der Waals surface area contributed by atoms with Crippen LogP contribution in [0.3, 0.4) is 0 Å². The molecule has 3 N–H and O–H groups in total. The van der Waals surface area contributed by atoms with Crippen LogP contribution in [0.4, 0.5) is 0 Å². The van der Waals surface area contributed by atoms with Crippen LogP contribution in [-0.2, 0) is 19.1 Å². The summed E-state index contributed by atoms with van der Waals surface area (Å²) in [5.74, 6) is -1.62. The van der Waals surface area contributed by atoms with Crippen LogP contribution in [0, 0.1) is 16.7 Å². The first kappa shape index (κ1) is 30.5. The van der Waals surface area contributed by atoms with Crippen molar-refractivity contribution in [1.29, 1.82) is 0 Å². The Morgan fingerprint density at radius 3 is 2.38 bits per heavy atom. The molecule has 0 aromatic carbocycles. The van der Waals surface area contributed by atoms with Crippen molar-refractivity contribution >= 4 is 24.2 Å². The van der Waals surface area contributed by atoms with Crippen molar-refractivity contribution in [1.82, 2.24) is 4.90 Å². The van der Waals surface area contributed by atoms with Gasteiger partial charge >= 0.3 is 5.97 Å². The van der Waals surface area contributed by atoms with Crippen LogP contribution in [0.1, 0.15) is 79.6 Å². The zero-order valence-corrected chi connectivity index (χ0v) is 23.8. The largest absolute Gasteiger partial charge is 0.459 e. The Balaban J connectivity index is 0.00000380. The van der Waals surface area contributed by atoms with E-state index in [0.717, 1.165) is 25.9 Å². The predicted molar refractivity (Wildman–Crippen MR) is 141 cm³/mol. The Kier molecular flexibility index (Phi) is 8.39. The molecule has 4 rings (SSSR count). The third-order valence-electron chi connectivity index (χ3n) is 10.1. The van der Waals surface area contributed by atoms with E-state index in [2.05, 4.69) is 11.5 Å². The Morgan fingerprint density at radius 2 is 1.78 bits per heavy atom. The molecule has 4 unspecified atom stereocenters. The summed E-state index contributed by atoms with van der Waals surface area (Å²) in [7, 11) is 0. The van der Waals surface area contributed by atoms with Gasteiger partial charge in [-0.05, 0) is 58.0 Å². The maximum absolute atomic E-state index is 13.8. The van der Waals surface area contributed by atoms with Gasteiger partial charge in [-0.1, -0.05) is 33.3 Å². The molecule has 8 atom stereocenters. The number of hydrogen-bond donors (Lipinski definition) is 3. The van der Waals surface area contributed by atoms with Crippen molar-refractivity contribution < 1.29 is 34.4 Å². The smallest absolute Gasteiger partial charge is 0.307 e. The van der Waals surface area contributed by atoms with E-state index in [4.69, 9.17) is 9.47 Å². The lowest BCUT2D eigenvalue weighted by atomic mass is 9.40. The molecule has 2 aliphatic carbocycles. The van der Waals surface area contributed by atoms with Crippen LogP contribution in [0.2, 0.25) is 0 Å². The molecule has 2 heterocycles. The Labute approximate surface area is 227 Å². The van der Waals surface area contributed by atoms with Crippen molar-refractivity contribution in [2.75, 3.05) is 19.6 Å². The average molecular weight is 544 g/mol. The number of Topliss-reactive ketones (excluding diaryl/α,β-unsaturated/α-hetero) is 1.